The molecule has 58 heavy (non-hydrogen) atoms. The predicted molar refractivity (Wildman–Crippen MR) is 202 cm³/mol. The van der Waals surface area contributed by atoms with E-state index in [0.29, 0.717) is 34.1 Å². The number of aromatic nitrogens is 6. The van der Waals surface area contributed by atoms with Crippen molar-refractivity contribution < 1.29 is 35.8 Å². The summed E-state index contributed by atoms with van der Waals surface area (Å²) in [5.74, 6) is 1.42. The maximum absolute atomic E-state index is 12.4. The lowest BCUT2D eigenvalue weighted by molar-refractivity contribution is -0.0337. The Balaban J connectivity index is 0.000000221. The summed E-state index contributed by atoms with van der Waals surface area (Å²) in [6.07, 6.45) is 0. The zero-order valence-electron chi connectivity index (χ0n) is 30.2. The number of rotatable bonds is 8. The SMILES string of the molecule is Cc1cc(-n2c(=O)[nH]c(=O)n(C)c2=O)ccc1Oc1ccc(SC(F)(F)F)cc1.Cc1cc(-n2c(=O)[nH]c(=O)n(C)c2=O)ccc1Oc1ccc(SC(F)(F)F)cc1. The molecule has 2 aromatic heterocycles. The molecule has 6 aromatic rings. The monoisotopic (exact) mass is 850 g/mol. The van der Waals surface area contributed by atoms with Crippen LogP contribution in [0.5, 0.6) is 23.0 Å². The molecule has 2 N–H and O–H groups in total. The minimum atomic E-state index is -4.37. The number of nitrogens with zero attached hydrogens (tertiary/aromatic N) is 4. The third kappa shape index (κ3) is 10.5. The maximum atomic E-state index is 12.4. The molecule has 2 heterocycles. The molecule has 6 rings (SSSR count). The van der Waals surface area contributed by atoms with Crippen LogP contribution >= 0.6 is 23.5 Å². The number of thioether (sulfide) groups is 2. The Morgan fingerprint density at radius 3 is 1.12 bits per heavy atom. The standard InChI is InChI=1S/2C18H14F3N3O4S/c2*1-10-9-11(24-16(26)22-15(25)23(2)17(24)27)3-8-14(10)28-12-4-6-13(7-5-12)29-18(19,20)21/h2*3-9H,1-2H3,(H,22,25,26). The molecule has 304 valence electrons. The smallest absolute Gasteiger partial charge is 0.446 e. The number of aryl methyl sites for hydroxylation is 2. The molecule has 4 aromatic carbocycles. The van der Waals surface area contributed by atoms with Crippen molar-refractivity contribution in [2.75, 3.05) is 0 Å². The summed E-state index contributed by atoms with van der Waals surface area (Å²) in [6.45, 7) is 3.35. The van der Waals surface area contributed by atoms with Crippen molar-refractivity contribution in [2.45, 2.75) is 34.7 Å². The van der Waals surface area contributed by atoms with E-state index in [4.69, 9.17) is 9.47 Å². The number of hydrogen-bond acceptors (Lipinski definition) is 10. The molecule has 22 heteroatoms. The summed E-state index contributed by atoms with van der Waals surface area (Å²) in [7, 11) is 2.48. The fourth-order valence-electron chi connectivity index (χ4n) is 5.01. The highest BCUT2D eigenvalue weighted by Gasteiger charge is 2.30. The second kappa shape index (κ2) is 17.0. The Labute approximate surface area is 329 Å². The summed E-state index contributed by atoms with van der Waals surface area (Å²) >= 11 is -0.443. The van der Waals surface area contributed by atoms with Gasteiger partial charge in [-0.1, -0.05) is 0 Å². The minimum absolute atomic E-state index is 0.0326. The van der Waals surface area contributed by atoms with E-state index in [0.717, 1.165) is 18.3 Å². The van der Waals surface area contributed by atoms with Crippen LogP contribution in [0.15, 0.2) is 123 Å². The van der Waals surface area contributed by atoms with Crippen molar-refractivity contribution in [3.63, 3.8) is 0 Å². The highest BCUT2D eigenvalue weighted by atomic mass is 32.2. The third-order valence-corrected chi connectivity index (χ3v) is 9.28. The molecule has 0 aliphatic carbocycles. The van der Waals surface area contributed by atoms with Gasteiger partial charge in [0.05, 0.1) is 11.4 Å². The first-order chi connectivity index (χ1) is 27.1. The number of H-pyrrole nitrogens is 2. The van der Waals surface area contributed by atoms with Gasteiger partial charge in [0.15, 0.2) is 0 Å². The molecule has 0 saturated heterocycles. The van der Waals surface area contributed by atoms with E-state index in [1.54, 1.807) is 13.8 Å². The summed E-state index contributed by atoms with van der Waals surface area (Å²) in [6, 6.07) is 19.8. The Morgan fingerprint density at radius 1 is 0.500 bits per heavy atom. The number of alkyl halides is 6. The van der Waals surface area contributed by atoms with Crippen LogP contribution in [0.3, 0.4) is 0 Å². The zero-order valence-corrected chi connectivity index (χ0v) is 31.9. The number of benzene rings is 4. The van der Waals surface area contributed by atoms with Crippen molar-refractivity contribution in [3.8, 4) is 34.4 Å². The Bertz CT molecular complexity index is 2650. The van der Waals surface area contributed by atoms with E-state index in [-0.39, 0.29) is 44.7 Å². The second-order valence-electron chi connectivity index (χ2n) is 12.0. The highest BCUT2D eigenvalue weighted by Crippen LogP contribution is 2.39. The summed E-state index contributed by atoms with van der Waals surface area (Å²) < 4.78 is 88.8. The molecule has 0 atom stereocenters. The number of nitrogens with one attached hydrogen (secondary N) is 2. The van der Waals surface area contributed by atoms with Gasteiger partial charge in [0.2, 0.25) is 0 Å². The molecule has 0 amide bonds. The van der Waals surface area contributed by atoms with Crippen LogP contribution < -0.4 is 43.6 Å². The van der Waals surface area contributed by atoms with Gasteiger partial charge in [-0.15, -0.1) is 0 Å². The molecule has 0 aliphatic heterocycles. The quantitative estimate of drug-likeness (QED) is 0.139. The van der Waals surface area contributed by atoms with Crippen LogP contribution in [0, 0.1) is 13.8 Å². The molecule has 0 unspecified atom stereocenters. The molecular formula is C36H28F6N6O8S2. The molecule has 0 spiro atoms. The Kier molecular flexibility index (Phi) is 12.5. The number of halogens is 6. The van der Waals surface area contributed by atoms with Gasteiger partial charge in [0.1, 0.15) is 23.0 Å². The molecule has 14 nitrogen and oxygen atoms in total. The molecule has 0 radical (unpaired) electrons. The van der Waals surface area contributed by atoms with Crippen LogP contribution in [0.2, 0.25) is 0 Å². The van der Waals surface area contributed by atoms with E-state index < -0.39 is 45.2 Å². The van der Waals surface area contributed by atoms with Crippen LogP contribution in [-0.2, 0) is 14.1 Å². The largest absolute Gasteiger partial charge is 0.457 e. The van der Waals surface area contributed by atoms with Crippen LogP contribution in [0.25, 0.3) is 11.4 Å². The van der Waals surface area contributed by atoms with Gasteiger partial charge >= 0.3 is 45.2 Å². The number of aromatic amines is 2. The van der Waals surface area contributed by atoms with Crippen molar-refractivity contribution in [3.05, 3.63) is 159 Å². The number of hydrogen-bond donors (Lipinski definition) is 2. The molecule has 0 aliphatic rings. The van der Waals surface area contributed by atoms with Crippen molar-refractivity contribution in [1.29, 1.82) is 0 Å². The van der Waals surface area contributed by atoms with Gasteiger partial charge in [0.25, 0.3) is 0 Å². The van der Waals surface area contributed by atoms with Gasteiger partial charge in [-0.3, -0.25) is 9.97 Å². The van der Waals surface area contributed by atoms with Crippen molar-refractivity contribution in [2.24, 2.45) is 14.1 Å². The summed E-state index contributed by atoms with van der Waals surface area (Å²) in [5.41, 5.74) is -12.1. The summed E-state index contributed by atoms with van der Waals surface area (Å²) in [4.78, 5) is 75.6. The van der Waals surface area contributed by atoms with Crippen LogP contribution in [-0.4, -0.2) is 39.3 Å². The van der Waals surface area contributed by atoms with Crippen molar-refractivity contribution in [1.82, 2.24) is 28.2 Å². The van der Waals surface area contributed by atoms with Gasteiger partial charge in [-0.25, -0.2) is 47.0 Å². The Hall–Kier alpha value is -6.42. The van der Waals surface area contributed by atoms with E-state index in [1.165, 1.54) is 99.0 Å². The predicted octanol–water partition coefficient (Wildman–Crippen LogP) is 5.87. The van der Waals surface area contributed by atoms with Crippen molar-refractivity contribution >= 4 is 23.5 Å². The number of ether oxygens (including phenoxy) is 2. The molecule has 0 saturated carbocycles. The lowest BCUT2D eigenvalue weighted by Crippen LogP contribution is -2.47. The lowest BCUT2D eigenvalue weighted by Gasteiger charge is -2.12. The molecule has 0 bridgehead atoms. The topological polar surface area (TPSA) is 172 Å². The van der Waals surface area contributed by atoms with Gasteiger partial charge < -0.3 is 9.47 Å². The van der Waals surface area contributed by atoms with Crippen LogP contribution in [0.1, 0.15) is 11.1 Å². The fourth-order valence-corrected chi connectivity index (χ4v) is 6.09. The lowest BCUT2D eigenvalue weighted by atomic mass is 10.2. The van der Waals surface area contributed by atoms with Gasteiger partial charge in [-0.05, 0) is 133 Å². The first-order valence-electron chi connectivity index (χ1n) is 16.2. The third-order valence-electron chi connectivity index (χ3n) is 7.80. The average Bonchev–Trinajstić information content (AvgIpc) is 3.12. The minimum Gasteiger partial charge on any atom is -0.457 e. The van der Waals surface area contributed by atoms with E-state index in [2.05, 4.69) is 0 Å². The zero-order chi connectivity index (χ0) is 42.7. The van der Waals surface area contributed by atoms with E-state index in [1.807, 2.05) is 9.97 Å². The van der Waals surface area contributed by atoms with Gasteiger partial charge in [-0.2, -0.15) is 26.3 Å². The average molecular weight is 851 g/mol. The molecule has 0 fully saturated rings. The van der Waals surface area contributed by atoms with E-state index in [9.17, 15) is 55.1 Å². The normalized spacial score (nSPS) is 11.5. The maximum Gasteiger partial charge on any atom is 0.446 e. The first kappa shape index (κ1) is 42.7. The Morgan fingerprint density at radius 2 is 0.828 bits per heavy atom. The highest BCUT2D eigenvalue weighted by molar-refractivity contribution is 8.00. The fraction of sp³-hybridized carbons (Fsp3) is 0.167. The molecular weight excluding hydrogens is 823 g/mol. The van der Waals surface area contributed by atoms with E-state index >= 15 is 0 Å². The van der Waals surface area contributed by atoms with Crippen LogP contribution in [0.4, 0.5) is 26.3 Å². The second-order valence-corrected chi connectivity index (χ2v) is 14.2. The van der Waals surface area contributed by atoms with Gasteiger partial charge in [0, 0.05) is 23.9 Å². The summed E-state index contributed by atoms with van der Waals surface area (Å²) in [5, 5.41) is 0. The first-order valence-corrected chi connectivity index (χ1v) is 17.9.